The number of anilines is 1. The summed E-state index contributed by atoms with van der Waals surface area (Å²) in [5, 5.41) is 2.54. The van der Waals surface area contributed by atoms with Crippen molar-refractivity contribution >= 4 is 33.2 Å². The highest BCUT2D eigenvalue weighted by atomic mass is 35.5. The first-order chi connectivity index (χ1) is 12.6. The number of carbonyl (C=O) groups excluding carboxylic acids is 1. The van der Waals surface area contributed by atoms with Gasteiger partial charge in [-0.2, -0.15) is 13.2 Å². The van der Waals surface area contributed by atoms with Gasteiger partial charge in [0, 0.05) is 18.9 Å². The molecule has 1 aliphatic heterocycles. The summed E-state index contributed by atoms with van der Waals surface area (Å²) in [6.07, 6.45) is -4.30. The Balaban J connectivity index is 1.84. The number of hydrogen-bond acceptors (Lipinski definition) is 3. The Kier molecular flexibility index (Phi) is 5.09. The Bertz CT molecular complexity index is 976. The molecule has 5 nitrogen and oxygen atoms in total. The van der Waals surface area contributed by atoms with E-state index in [2.05, 4.69) is 10.0 Å². The summed E-state index contributed by atoms with van der Waals surface area (Å²) in [5.41, 5.74) is -0.580. The Morgan fingerprint density at radius 1 is 1.11 bits per heavy atom. The van der Waals surface area contributed by atoms with Crippen LogP contribution in [0.3, 0.4) is 0 Å². The lowest BCUT2D eigenvalue weighted by Gasteiger charge is -2.14. The average Bonchev–Trinajstić information content (AvgIpc) is 3.02. The number of nitrogens with one attached hydrogen (secondary N) is 2. The molecule has 3 rings (SSSR count). The minimum absolute atomic E-state index is 0.0416. The van der Waals surface area contributed by atoms with Gasteiger partial charge >= 0.3 is 6.18 Å². The van der Waals surface area contributed by atoms with E-state index in [0.29, 0.717) is 19.0 Å². The highest BCUT2D eigenvalue weighted by Gasteiger charge is 2.31. The van der Waals surface area contributed by atoms with Crippen molar-refractivity contribution < 1.29 is 26.4 Å². The van der Waals surface area contributed by atoms with Gasteiger partial charge in [0.25, 0.3) is 10.0 Å². The van der Waals surface area contributed by atoms with Gasteiger partial charge in [0.15, 0.2) is 0 Å². The van der Waals surface area contributed by atoms with Crippen LogP contribution >= 0.6 is 11.6 Å². The second-order valence-corrected chi connectivity index (χ2v) is 8.16. The third-order valence-electron chi connectivity index (χ3n) is 4.18. The van der Waals surface area contributed by atoms with Gasteiger partial charge in [-0.15, -0.1) is 0 Å². The van der Waals surface area contributed by atoms with Gasteiger partial charge in [0.05, 0.1) is 21.2 Å². The molecule has 1 heterocycles. The number of amides is 1. The molecule has 1 aliphatic rings. The van der Waals surface area contributed by atoms with Crippen LogP contribution in [0.2, 0.25) is 5.02 Å². The molecular weight excluding hydrogens is 405 g/mol. The topological polar surface area (TPSA) is 75.3 Å². The van der Waals surface area contributed by atoms with E-state index in [-0.39, 0.29) is 27.4 Å². The zero-order valence-corrected chi connectivity index (χ0v) is 15.3. The van der Waals surface area contributed by atoms with Crippen molar-refractivity contribution in [1.29, 1.82) is 0 Å². The first-order valence-corrected chi connectivity index (χ1v) is 9.68. The van der Waals surface area contributed by atoms with Crippen LogP contribution in [0.25, 0.3) is 0 Å². The van der Waals surface area contributed by atoms with Gasteiger partial charge in [-0.3, -0.25) is 9.52 Å². The number of halogens is 4. The van der Waals surface area contributed by atoms with Gasteiger partial charge in [-0.25, -0.2) is 8.42 Å². The molecule has 0 spiro atoms. The van der Waals surface area contributed by atoms with Gasteiger partial charge in [-0.05, 0) is 35.9 Å². The molecule has 0 bridgehead atoms. The molecule has 0 radical (unpaired) electrons. The fourth-order valence-corrected chi connectivity index (χ4v) is 4.03. The Morgan fingerprint density at radius 2 is 1.78 bits per heavy atom. The number of sulfonamides is 1. The molecule has 0 aliphatic carbocycles. The Morgan fingerprint density at radius 3 is 2.33 bits per heavy atom. The quantitative estimate of drug-likeness (QED) is 0.793. The maximum Gasteiger partial charge on any atom is 0.416 e. The van der Waals surface area contributed by atoms with E-state index in [1.165, 1.54) is 12.1 Å². The van der Waals surface area contributed by atoms with Gasteiger partial charge in [0.2, 0.25) is 5.91 Å². The second-order valence-electron chi connectivity index (χ2n) is 6.07. The van der Waals surface area contributed by atoms with Crippen LogP contribution in [0.15, 0.2) is 47.4 Å². The van der Waals surface area contributed by atoms with E-state index >= 15 is 0 Å². The predicted molar refractivity (Wildman–Crippen MR) is 94.1 cm³/mol. The molecule has 10 heteroatoms. The molecule has 2 aromatic carbocycles. The van der Waals surface area contributed by atoms with Crippen molar-refractivity contribution in [2.45, 2.75) is 23.4 Å². The van der Waals surface area contributed by atoms with E-state index in [1.54, 1.807) is 12.1 Å². The fourth-order valence-electron chi connectivity index (χ4n) is 2.74. The summed E-state index contributed by atoms with van der Waals surface area (Å²) < 4.78 is 65.5. The molecule has 1 fully saturated rings. The Hall–Kier alpha value is -2.26. The van der Waals surface area contributed by atoms with E-state index in [9.17, 15) is 26.4 Å². The summed E-state index contributed by atoms with van der Waals surface area (Å²) in [6.45, 7) is 0.475. The predicted octanol–water partition coefficient (Wildman–Crippen LogP) is 3.76. The average molecular weight is 419 g/mol. The first kappa shape index (κ1) is 19.5. The van der Waals surface area contributed by atoms with Crippen LogP contribution in [0.5, 0.6) is 0 Å². The zero-order chi connectivity index (χ0) is 19.8. The lowest BCUT2D eigenvalue weighted by molar-refractivity contribution is -0.137. The van der Waals surface area contributed by atoms with Crippen LogP contribution in [0, 0.1) is 0 Å². The Labute approximate surface area is 158 Å². The number of carbonyl (C=O) groups is 1. The largest absolute Gasteiger partial charge is 0.416 e. The van der Waals surface area contributed by atoms with Crippen molar-refractivity contribution in [2.24, 2.45) is 0 Å². The molecule has 144 valence electrons. The van der Waals surface area contributed by atoms with Crippen LogP contribution < -0.4 is 10.0 Å². The van der Waals surface area contributed by atoms with E-state index in [0.717, 1.165) is 17.7 Å². The monoisotopic (exact) mass is 418 g/mol. The highest BCUT2D eigenvalue weighted by molar-refractivity contribution is 7.92. The molecule has 2 aromatic rings. The number of benzene rings is 2. The van der Waals surface area contributed by atoms with E-state index < -0.39 is 21.8 Å². The van der Waals surface area contributed by atoms with Gasteiger partial charge in [0.1, 0.15) is 0 Å². The molecule has 1 atom stereocenters. The molecular formula is C17H14ClF3N2O3S. The lowest BCUT2D eigenvalue weighted by atomic mass is 9.99. The number of hydrogen-bond donors (Lipinski definition) is 2. The van der Waals surface area contributed by atoms with Gasteiger partial charge < -0.3 is 5.32 Å². The number of rotatable bonds is 4. The molecule has 1 amide bonds. The standard InChI is InChI=1S/C17H14ClF3N2O3S/c18-14-6-3-12(17(19,20)21)8-15(14)23-27(25,26)13-4-1-10(2-5-13)11-7-16(24)22-9-11/h1-6,8,11,23H,7,9H2,(H,22,24)/t11-/m1/s1. The summed E-state index contributed by atoms with van der Waals surface area (Å²) in [5.74, 6) is -0.113. The lowest BCUT2D eigenvalue weighted by Crippen LogP contribution is -2.15. The van der Waals surface area contributed by atoms with Crippen LogP contribution in [-0.4, -0.2) is 20.9 Å². The van der Waals surface area contributed by atoms with Crippen LogP contribution in [-0.2, 0) is 21.0 Å². The smallest absolute Gasteiger partial charge is 0.355 e. The zero-order valence-electron chi connectivity index (χ0n) is 13.7. The second kappa shape index (κ2) is 7.05. The first-order valence-electron chi connectivity index (χ1n) is 7.82. The molecule has 0 saturated carbocycles. The summed E-state index contributed by atoms with van der Waals surface area (Å²) >= 11 is 5.83. The molecule has 0 unspecified atom stereocenters. The van der Waals surface area contributed by atoms with Crippen molar-refractivity contribution in [3.63, 3.8) is 0 Å². The normalized spacial score (nSPS) is 17.6. The van der Waals surface area contributed by atoms with Crippen molar-refractivity contribution in [3.8, 4) is 0 Å². The van der Waals surface area contributed by atoms with Crippen molar-refractivity contribution in [2.75, 3.05) is 11.3 Å². The van der Waals surface area contributed by atoms with Crippen LogP contribution in [0.4, 0.5) is 18.9 Å². The fraction of sp³-hybridized carbons (Fsp3) is 0.235. The summed E-state index contributed by atoms with van der Waals surface area (Å²) in [6, 6.07) is 8.22. The summed E-state index contributed by atoms with van der Waals surface area (Å²) in [4.78, 5) is 11.1. The van der Waals surface area contributed by atoms with Crippen LogP contribution in [0.1, 0.15) is 23.5 Å². The summed E-state index contributed by atoms with van der Waals surface area (Å²) in [7, 11) is -4.13. The SMILES string of the molecule is O=C1C[C@@H](c2ccc(S(=O)(=O)Nc3cc(C(F)(F)F)ccc3Cl)cc2)CN1. The van der Waals surface area contributed by atoms with E-state index in [4.69, 9.17) is 11.6 Å². The maximum atomic E-state index is 12.8. The molecule has 2 N–H and O–H groups in total. The molecule has 27 heavy (non-hydrogen) atoms. The molecule has 1 saturated heterocycles. The highest BCUT2D eigenvalue weighted by Crippen LogP contribution is 2.34. The minimum Gasteiger partial charge on any atom is -0.355 e. The minimum atomic E-state index is -4.63. The maximum absolute atomic E-state index is 12.8. The number of alkyl halides is 3. The third kappa shape index (κ3) is 4.36. The molecule has 0 aromatic heterocycles. The third-order valence-corrected chi connectivity index (χ3v) is 5.89. The van der Waals surface area contributed by atoms with Crippen molar-refractivity contribution in [3.05, 3.63) is 58.6 Å². The van der Waals surface area contributed by atoms with Crippen molar-refractivity contribution in [1.82, 2.24) is 5.32 Å². The van der Waals surface area contributed by atoms with E-state index in [1.807, 2.05) is 0 Å². The van der Waals surface area contributed by atoms with Gasteiger partial charge in [-0.1, -0.05) is 23.7 Å².